The van der Waals surface area contributed by atoms with E-state index in [9.17, 15) is 9.90 Å². The number of rotatable bonds is 7. The van der Waals surface area contributed by atoms with E-state index in [1.807, 2.05) is 42.5 Å². The number of benzene rings is 3. The molecule has 0 saturated carbocycles. The number of aliphatic hydroxyl groups is 1. The van der Waals surface area contributed by atoms with Crippen molar-refractivity contribution in [1.29, 1.82) is 0 Å². The SMILES string of the molecule is C[C@@H]1c2ccccc2[C@H](C)C1NC[C@H](O)c1ccc(OCc2ccccc2)c2[nH]c(=O)ccc12. The average molecular weight is 455 g/mol. The number of hydrogen-bond donors (Lipinski definition) is 3. The van der Waals surface area contributed by atoms with Gasteiger partial charge in [-0.05, 0) is 46.2 Å². The summed E-state index contributed by atoms with van der Waals surface area (Å²) in [6, 6.07) is 25.7. The number of hydrogen-bond acceptors (Lipinski definition) is 4. The van der Waals surface area contributed by atoms with Gasteiger partial charge in [0, 0.05) is 24.0 Å². The van der Waals surface area contributed by atoms with Gasteiger partial charge in [-0.3, -0.25) is 4.79 Å². The van der Waals surface area contributed by atoms with Crippen molar-refractivity contribution in [2.24, 2.45) is 0 Å². The molecule has 174 valence electrons. The van der Waals surface area contributed by atoms with Crippen LogP contribution in [-0.2, 0) is 6.61 Å². The van der Waals surface area contributed by atoms with Crippen molar-refractivity contribution < 1.29 is 9.84 Å². The Bertz CT molecular complexity index is 1320. The van der Waals surface area contributed by atoms with Crippen LogP contribution in [0.15, 0.2) is 83.7 Å². The molecule has 0 aliphatic heterocycles. The molecule has 0 amide bonds. The molecule has 0 spiro atoms. The highest BCUT2D eigenvalue weighted by atomic mass is 16.5. The summed E-state index contributed by atoms with van der Waals surface area (Å²) in [5.41, 5.74) is 4.97. The van der Waals surface area contributed by atoms with Crippen LogP contribution in [0.5, 0.6) is 5.75 Å². The first-order chi connectivity index (χ1) is 16.5. The standard InChI is InChI=1S/C29H30N2O3/c1-18-21-10-6-7-11-22(21)19(2)28(18)30-16-25(32)23-12-14-26(29-24(23)13-15-27(33)31-29)34-17-20-8-4-3-5-9-20/h3-15,18-19,25,28,30,32H,16-17H2,1-2H3,(H,31,33)/t18-,19+,25-,28?/m0/s1. The Morgan fingerprint density at radius 1 is 0.912 bits per heavy atom. The number of H-pyrrole nitrogens is 1. The number of fused-ring (bicyclic) bond motifs is 2. The van der Waals surface area contributed by atoms with Crippen LogP contribution in [0.3, 0.4) is 0 Å². The van der Waals surface area contributed by atoms with Crippen molar-refractivity contribution in [2.75, 3.05) is 6.54 Å². The van der Waals surface area contributed by atoms with E-state index in [4.69, 9.17) is 4.74 Å². The van der Waals surface area contributed by atoms with Crippen LogP contribution >= 0.6 is 0 Å². The molecule has 0 fully saturated rings. The summed E-state index contributed by atoms with van der Waals surface area (Å²) in [6.45, 7) is 5.30. The fourth-order valence-electron chi connectivity index (χ4n) is 5.27. The number of aromatic amines is 1. The lowest BCUT2D eigenvalue weighted by Gasteiger charge is -2.25. The van der Waals surface area contributed by atoms with Gasteiger partial charge in [0.1, 0.15) is 12.4 Å². The van der Waals surface area contributed by atoms with Gasteiger partial charge in [-0.1, -0.05) is 74.5 Å². The summed E-state index contributed by atoms with van der Waals surface area (Å²) in [5.74, 6) is 1.34. The maximum absolute atomic E-state index is 12.1. The summed E-state index contributed by atoms with van der Waals surface area (Å²) in [6.07, 6.45) is -0.723. The zero-order chi connectivity index (χ0) is 23.7. The molecule has 1 aromatic heterocycles. The number of ether oxygens (including phenoxy) is 1. The van der Waals surface area contributed by atoms with Gasteiger partial charge in [-0.25, -0.2) is 0 Å². The molecule has 34 heavy (non-hydrogen) atoms. The monoisotopic (exact) mass is 454 g/mol. The molecule has 1 aliphatic rings. The lowest BCUT2D eigenvalue weighted by atomic mass is 9.96. The van der Waals surface area contributed by atoms with E-state index in [-0.39, 0.29) is 11.6 Å². The quantitative estimate of drug-likeness (QED) is 0.367. The van der Waals surface area contributed by atoms with Gasteiger partial charge >= 0.3 is 0 Å². The predicted octanol–water partition coefficient (Wildman–Crippen LogP) is 5.02. The van der Waals surface area contributed by atoms with Crippen LogP contribution in [0.25, 0.3) is 10.9 Å². The zero-order valence-electron chi connectivity index (χ0n) is 19.5. The minimum atomic E-state index is -0.723. The highest BCUT2D eigenvalue weighted by molar-refractivity contribution is 5.87. The Hall–Kier alpha value is -3.41. The molecule has 3 aromatic carbocycles. The molecule has 3 N–H and O–H groups in total. The normalized spacial score (nSPS) is 20.3. The fraction of sp³-hybridized carbons (Fsp3) is 0.276. The number of aromatic nitrogens is 1. The van der Waals surface area contributed by atoms with Gasteiger partial charge in [0.25, 0.3) is 0 Å². The maximum Gasteiger partial charge on any atom is 0.248 e. The second kappa shape index (κ2) is 9.45. The van der Waals surface area contributed by atoms with Gasteiger partial charge in [0.15, 0.2) is 0 Å². The fourth-order valence-corrected chi connectivity index (χ4v) is 5.27. The third-order valence-corrected chi connectivity index (χ3v) is 7.09. The second-order valence-electron chi connectivity index (χ2n) is 9.19. The number of pyridine rings is 1. The third-order valence-electron chi connectivity index (χ3n) is 7.09. The third kappa shape index (κ3) is 4.25. The predicted molar refractivity (Wildman–Crippen MR) is 135 cm³/mol. The molecule has 5 nitrogen and oxygen atoms in total. The van der Waals surface area contributed by atoms with Crippen LogP contribution in [-0.4, -0.2) is 22.7 Å². The van der Waals surface area contributed by atoms with Crippen molar-refractivity contribution in [3.63, 3.8) is 0 Å². The summed E-state index contributed by atoms with van der Waals surface area (Å²) < 4.78 is 6.03. The molecule has 0 saturated heterocycles. The van der Waals surface area contributed by atoms with Gasteiger partial charge in [-0.2, -0.15) is 0 Å². The first kappa shape index (κ1) is 22.4. The Labute approximate surface area is 199 Å². The van der Waals surface area contributed by atoms with E-state index >= 15 is 0 Å². The highest BCUT2D eigenvalue weighted by Gasteiger charge is 2.35. The van der Waals surface area contributed by atoms with Crippen LogP contribution in [0, 0.1) is 0 Å². The molecule has 1 aliphatic carbocycles. The van der Waals surface area contributed by atoms with Crippen LogP contribution in [0.2, 0.25) is 0 Å². The molecule has 1 unspecified atom stereocenters. The summed E-state index contributed by atoms with van der Waals surface area (Å²) in [5, 5.41) is 15.5. The largest absolute Gasteiger partial charge is 0.487 e. The van der Waals surface area contributed by atoms with Crippen LogP contribution in [0.4, 0.5) is 0 Å². The zero-order valence-corrected chi connectivity index (χ0v) is 19.5. The van der Waals surface area contributed by atoms with E-state index in [0.29, 0.717) is 36.3 Å². The van der Waals surface area contributed by atoms with E-state index < -0.39 is 6.10 Å². The van der Waals surface area contributed by atoms with Crippen molar-refractivity contribution in [1.82, 2.24) is 10.3 Å². The number of aliphatic hydroxyl groups excluding tert-OH is 1. The lowest BCUT2D eigenvalue weighted by Crippen LogP contribution is -2.36. The molecule has 5 heteroatoms. The molecule has 5 rings (SSSR count). The van der Waals surface area contributed by atoms with Crippen molar-refractivity contribution in [3.05, 3.63) is 111 Å². The van der Waals surface area contributed by atoms with Crippen molar-refractivity contribution >= 4 is 10.9 Å². The van der Waals surface area contributed by atoms with Gasteiger partial charge in [0.05, 0.1) is 11.6 Å². The first-order valence-corrected chi connectivity index (χ1v) is 11.9. The van der Waals surface area contributed by atoms with E-state index in [1.54, 1.807) is 6.07 Å². The van der Waals surface area contributed by atoms with Gasteiger partial charge < -0.3 is 20.1 Å². The molecule has 0 bridgehead atoms. The minimum absolute atomic E-state index is 0.201. The topological polar surface area (TPSA) is 74.3 Å². The molecule has 4 aromatic rings. The van der Waals surface area contributed by atoms with Crippen molar-refractivity contribution in [3.8, 4) is 5.75 Å². The Morgan fingerprint density at radius 3 is 2.29 bits per heavy atom. The molecular formula is C29H30N2O3. The summed E-state index contributed by atoms with van der Waals surface area (Å²) in [4.78, 5) is 15.0. The minimum Gasteiger partial charge on any atom is -0.487 e. The van der Waals surface area contributed by atoms with E-state index in [1.165, 1.54) is 17.2 Å². The van der Waals surface area contributed by atoms with E-state index in [2.05, 4.69) is 48.4 Å². The molecule has 4 atom stereocenters. The first-order valence-electron chi connectivity index (χ1n) is 11.9. The average Bonchev–Trinajstić information content (AvgIpc) is 3.11. The van der Waals surface area contributed by atoms with Gasteiger partial charge in [-0.15, -0.1) is 0 Å². The molecular weight excluding hydrogens is 424 g/mol. The van der Waals surface area contributed by atoms with E-state index in [0.717, 1.165) is 16.5 Å². The molecule has 0 radical (unpaired) electrons. The summed E-state index contributed by atoms with van der Waals surface area (Å²) in [7, 11) is 0. The van der Waals surface area contributed by atoms with Crippen LogP contribution < -0.4 is 15.6 Å². The maximum atomic E-state index is 12.1. The molecule has 1 heterocycles. The second-order valence-corrected chi connectivity index (χ2v) is 9.19. The van der Waals surface area contributed by atoms with Gasteiger partial charge in [0.2, 0.25) is 5.56 Å². The Morgan fingerprint density at radius 2 is 1.59 bits per heavy atom. The summed E-state index contributed by atoms with van der Waals surface area (Å²) >= 11 is 0. The smallest absolute Gasteiger partial charge is 0.248 e. The highest BCUT2D eigenvalue weighted by Crippen LogP contribution is 2.41. The lowest BCUT2D eigenvalue weighted by molar-refractivity contribution is 0.168. The van der Waals surface area contributed by atoms with Crippen molar-refractivity contribution in [2.45, 2.75) is 44.4 Å². The van der Waals surface area contributed by atoms with Crippen LogP contribution in [0.1, 0.15) is 54.0 Å². The Kier molecular flexibility index (Phi) is 6.22. The Balaban J connectivity index is 1.36. The number of nitrogens with one attached hydrogen (secondary N) is 2.